The first kappa shape index (κ1) is 9.20. The quantitative estimate of drug-likeness (QED) is 0.734. The molecule has 0 saturated heterocycles. The first-order valence-electron chi connectivity index (χ1n) is 4.41. The van der Waals surface area contributed by atoms with Crippen LogP contribution in [0.25, 0.3) is 0 Å². The zero-order chi connectivity index (χ0) is 8.81. The van der Waals surface area contributed by atoms with E-state index in [1.807, 2.05) is 12.3 Å². The Balaban J connectivity index is 2.67. The molecule has 0 saturated carbocycles. The van der Waals surface area contributed by atoms with Crippen LogP contribution in [0, 0.1) is 0 Å². The Bertz CT molecular complexity index is 214. The van der Waals surface area contributed by atoms with Gasteiger partial charge in [0.05, 0.1) is 0 Å². The summed E-state index contributed by atoms with van der Waals surface area (Å²) in [5, 5.41) is 8.72. The first-order chi connectivity index (χ1) is 5.86. The average molecular weight is 165 g/mol. The molecule has 0 aliphatic heterocycles. The van der Waals surface area contributed by atoms with Gasteiger partial charge in [0.25, 0.3) is 0 Å². The fourth-order valence-electron chi connectivity index (χ4n) is 1.21. The van der Waals surface area contributed by atoms with Crippen molar-refractivity contribution in [3.05, 3.63) is 29.6 Å². The Morgan fingerprint density at radius 1 is 1.42 bits per heavy atom. The smallest absolute Gasteiger partial charge is 0.0471 e. The summed E-state index contributed by atoms with van der Waals surface area (Å²) in [7, 11) is 0. The average Bonchev–Trinajstić information content (AvgIpc) is 2.06. The zero-order valence-electron chi connectivity index (χ0n) is 7.45. The summed E-state index contributed by atoms with van der Waals surface area (Å²) in [5.74, 6) is 0. The molecule has 0 aromatic carbocycles. The van der Waals surface area contributed by atoms with Gasteiger partial charge < -0.3 is 5.11 Å². The molecule has 1 heterocycles. The lowest BCUT2D eigenvalue weighted by Crippen LogP contribution is -1.94. The molecule has 2 nitrogen and oxygen atoms in total. The summed E-state index contributed by atoms with van der Waals surface area (Å²) in [4.78, 5) is 4.23. The molecule has 0 bridgehead atoms. The lowest BCUT2D eigenvalue weighted by atomic mass is 10.1. The van der Waals surface area contributed by atoms with Crippen LogP contribution < -0.4 is 0 Å². The lowest BCUT2D eigenvalue weighted by molar-refractivity contribution is 0.299. The van der Waals surface area contributed by atoms with Crippen LogP contribution in [-0.4, -0.2) is 16.7 Å². The molecule has 66 valence electrons. The highest BCUT2D eigenvalue weighted by molar-refractivity contribution is 5.16. The van der Waals surface area contributed by atoms with Crippen molar-refractivity contribution in [2.24, 2.45) is 0 Å². The van der Waals surface area contributed by atoms with Crippen molar-refractivity contribution < 1.29 is 5.11 Å². The van der Waals surface area contributed by atoms with Crippen molar-refractivity contribution in [3.63, 3.8) is 0 Å². The van der Waals surface area contributed by atoms with E-state index in [2.05, 4.69) is 18.0 Å². The monoisotopic (exact) mass is 165 g/mol. The second-order valence-electron chi connectivity index (χ2n) is 2.88. The number of aryl methyl sites for hydroxylation is 1. The summed E-state index contributed by atoms with van der Waals surface area (Å²) < 4.78 is 0. The van der Waals surface area contributed by atoms with Gasteiger partial charge in [0.1, 0.15) is 0 Å². The third-order valence-corrected chi connectivity index (χ3v) is 1.79. The second kappa shape index (κ2) is 4.88. The Labute approximate surface area is 73.3 Å². The van der Waals surface area contributed by atoms with Gasteiger partial charge in [-0.1, -0.05) is 13.3 Å². The molecule has 2 heteroatoms. The van der Waals surface area contributed by atoms with E-state index in [-0.39, 0.29) is 6.61 Å². The van der Waals surface area contributed by atoms with Gasteiger partial charge >= 0.3 is 0 Å². The van der Waals surface area contributed by atoms with Crippen molar-refractivity contribution in [3.8, 4) is 0 Å². The van der Waals surface area contributed by atoms with Gasteiger partial charge in [-0.15, -0.1) is 0 Å². The van der Waals surface area contributed by atoms with Crippen LogP contribution in [0.2, 0.25) is 0 Å². The zero-order valence-corrected chi connectivity index (χ0v) is 7.45. The SMILES string of the molecule is CCCc1cc(CCO)ccn1. The Morgan fingerprint density at radius 2 is 2.25 bits per heavy atom. The van der Waals surface area contributed by atoms with Gasteiger partial charge in [0, 0.05) is 18.5 Å². The van der Waals surface area contributed by atoms with E-state index in [4.69, 9.17) is 5.11 Å². The number of nitrogens with zero attached hydrogens (tertiary/aromatic N) is 1. The largest absolute Gasteiger partial charge is 0.396 e. The standard InChI is InChI=1S/C10H15NO/c1-2-3-10-8-9(5-7-12)4-6-11-10/h4,6,8,12H,2-3,5,7H2,1H3. The number of hydrogen-bond acceptors (Lipinski definition) is 2. The summed E-state index contributed by atoms with van der Waals surface area (Å²) in [6, 6.07) is 4.02. The van der Waals surface area contributed by atoms with Crippen LogP contribution in [0.1, 0.15) is 24.6 Å². The van der Waals surface area contributed by atoms with Crippen molar-refractivity contribution in [2.45, 2.75) is 26.2 Å². The van der Waals surface area contributed by atoms with Crippen molar-refractivity contribution in [1.82, 2.24) is 4.98 Å². The highest BCUT2D eigenvalue weighted by Gasteiger charge is 1.95. The van der Waals surface area contributed by atoms with Crippen molar-refractivity contribution in [1.29, 1.82) is 0 Å². The predicted octanol–water partition coefficient (Wildman–Crippen LogP) is 1.57. The first-order valence-corrected chi connectivity index (χ1v) is 4.41. The number of pyridine rings is 1. The van der Waals surface area contributed by atoms with Crippen LogP contribution in [0.4, 0.5) is 0 Å². The molecule has 0 aliphatic rings. The summed E-state index contributed by atoms with van der Waals surface area (Å²) in [5.41, 5.74) is 2.31. The minimum atomic E-state index is 0.218. The van der Waals surface area contributed by atoms with Crippen LogP contribution in [0.5, 0.6) is 0 Å². The molecule has 0 amide bonds. The fourth-order valence-corrected chi connectivity index (χ4v) is 1.21. The van der Waals surface area contributed by atoms with Crippen molar-refractivity contribution in [2.75, 3.05) is 6.61 Å². The predicted molar refractivity (Wildman–Crippen MR) is 49.0 cm³/mol. The second-order valence-corrected chi connectivity index (χ2v) is 2.88. The van der Waals surface area contributed by atoms with Crippen LogP contribution in [0.3, 0.4) is 0 Å². The van der Waals surface area contributed by atoms with E-state index in [1.165, 1.54) is 5.56 Å². The number of rotatable bonds is 4. The molecule has 12 heavy (non-hydrogen) atoms. The van der Waals surface area contributed by atoms with Crippen LogP contribution in [-0.2, 0) is 12.8 Å². The number of aliphatic hydroxyl groups is 1. The van der Waals surface area contributed by atoms with E-state index in [0.717, 1.165) is 25.0 Å². The molecule has 1 rings (SSSR count). The molecule has 1 aromatic heterocycles. The Hall–Kier alpha value is -0.890. The lowest BCUT2D eigenvalue weighted by Gasteiger charge is -2.00. The molecule has 1 aromatic rings. The van der Waals surface area contributed by atoms with E-state index in [1.54, 1.807) is 0 Å². The molecular weight excluding hydrogens is 150 g/mol. The summed E-state index contributed by atoms with van der Waals surface area (Å²) >= 11 is 0. The molecule has 1 N–H and O–H groups in total. The molecule has 0 atom stereocenters. The van der Waals surface area contributed by atoms with Gasteiger partial charge in [-0.2, -0.15) is 0 Å². The van der Waals surface area contributed by atoms with Gasteiger partial charge in [0.15, 0.2) is 0 Å². The molecule has 0 aliphatic carbocycles. The summed E-state index contributed by atoms with van der Waals surface area (Å²) in [6.45, 7) is 2.36. The van der Waals surface area contributed by atoms with Gasteiger partial charge in [0.2, 0.25) is 0 Å². The van der Waals surface area contributed by atoms with E-state index >= 15 is 0 Å². The minimum absolute atomic E-state index is 0.218. The van der Waals surface area contributed by atoms with E-state index < -0.39 is 0 Å². The van der Waals surface area contributed by atoms with Crippen LogP contribution in [0.15, 0.2) is 18.3 Å². The van der Waals surface area contributed by atoms with Crippen LogP contribution >= 0.6 is 0 Å². The molecule has 0 fully saturated rings. The highest BCUT2D eigenvalue weighted by atomic mass is 16.2. The fraction of sp³-hybridized carbons (Fsp3) is 0.500. The minimum Gasteiger partial charge on any atom is -0.396 e. The maximum absolute atomic E-state index is 8.72. The molecule has 0 spiro atoms. The summed E-state index contributed by atoms with van der Waals surface area (Å²) in [6.07, 6.45) is 4.70. The third-order valence-electron chi connectivity index (χ3n) is 1.79. The normalized spacial score (nSPS) is 10.2. The van der Waals surface area contributed by atoms with Gasteiger partial charge in [-0.05, 0) is 30.5 Å². The molecular formula is C10H15NO. The maximum Gasteiger partial charge on any atom is 0.0471 e. The topological polar surface area (TPSA) is 33.1 Å². The van der Waals surface area contributed by atoms with E-state index in [0.29, 0.717) is 0 Å². The Kier molecular flexibility index (Phi) is 3.74. The molecule has 0 unspecified atom stereocenters. The third kappa shape index (κ3) is 2.62. The highest BCUT2D eigenvalue weighted by Crippen LogP contribution is 2.04. The Morgan fingerprint density at radius 3 is 2.92 bits per heavy atom. The number of hydrogen-bond donors (Lipinski definition) is 1. The van der Waals surface area contributed by atoms with Gasteiger partial charge in [-0.25, -0.2) is 0 Å². The van der Waals surface area contributed by atoms with Gasteiger partial charge in [-0.3, -0.25) is 4.98 Å². The number of aliphatic hydroxyl groups excluding tert-OH is 1. The maximum atomic E-state index is 8.72. The molecule has 0 radical (unpaired) electrons. The van der Waals surface area contributed by atoms with E-state index in [9.17, 15) is 0 Å². The number of aromatic nitrogens is 1. The van der Waals surface area contributed by atoms with Crippen molar-refractivity contribution >= 4 is 0 Å².